The molecule has 1 aliphatic heterocycles. The number of hydrogen-bond acceptors (Lipinski definition) is 13. The molecule has 1 saturated heterocycles. The summed E-state index contributed by atoms with van der Waals surface area (Å²) in [6.07, 6.45) is 3.18. The Labute approximate surface area is 251 Å². The number of rotatable bonds is 32. The van der Waals surface area contributed by atoms with Gasteiger partial charge in [0.1, 0.15) is 6.61 Å². The van der Waals surface area contributed by atoms with Gasteiger partial charge in [-0.1, -0.05) is 6.58 Å². The van der Waals surface area contributed by atoms with E-state index in [4.69, 9.17) is 56.8 Å². The molecule has 248 valence electrons. The van der Waals surface area contributed by atoms with Crippen LogP contribution in [0.3, 0.4) is 0 Å². The number of esters is 1. The lowest BCUT2D eigenvalue weighted by Gasteiger charge is -2.22. The van der Waals surface area contributed by atoms with Gasteiger partial charge in [-0.25, -0.2) is 4.79 Å². The van der Waals surface area contributed by atoms with E-state index >= 15 is 0 Å². The third-order valence-corrected chi connectivity index (χ3v) is 5.45. The van der Waals surface area contributed by atoms with E-state index in [0.717, 1.165) is 25.9 Å². The van der Waals surface area contributed by atoms with Crippen LogP contribution in [0.25, 0.3) is 0 Å². The van der Waals surface area contributed by atoms with Crippen molar-refractivity contribution >= 4 is 5.97 Å². The molecule has 1 heterocycles. The third-order valence-electron chi connectivity index (χ3n) is 5.45. The highest BCUT2D eigenvalue weighted by atomic mass is 16.7. The molecule has 13 heteroatoms. The summed E-state index contributed by atoms with van der Waals surface area (Å²) in [5.41, 5.74) is 0.371. The molecule has 1 rings (SSSR count). The minimum Gasteiger partial charge on any atom is -0.460 e. The first kappa shape index (κ1) is 38.8. The summed E-state index contributed by atoms with van der Waals surface area (Å²) in [5.74, 6) is -0.411. The molecule has 0 spiro atoms. The lowest BCUT2D eigenvalue weighted by atomic mass is 10.2. The lowest BCUT2D eigenvalue weighted by Crippen LogP contribution is -2.24. The van der Waals surface area contributed by atoms with Gasteiger partial charge in [0.05, 0.1) is 126 Å². The van der Waals surface area contributed by atoms with Gasteiger partial charge in [0.2, 0.25) is 0 Å². The van der Waals surface area contributed by atoms with Gasteiger partial charge in [-0.3, -0.25) is 0 Å². The van der Waals surface area contributed by atoms with Gasteiger partial charge >= 0.3 is 5.97 Å². The van der Waals surface area contributed by atoms with E-state index in [0.29, 0.717) is 131 Å². The molecule has 1 atom stereocenters. The van der Waals surface area contributed by atoms with E-state index in [1.807, 2.05) is 0 Å². The van der Waals surface area contributed by atoms with Crippen LogP contribution in [0, 0.1) is 0 Å². The standard InChI is InChI=1S/C29H54O13/c1-27(2)29(30)42-26-24-39-22-20-37-18-16-35-14-12-33-10-8-31-7-9-32-11-13-34-15-17-36-19-21-38-23-25-41-28-5-3-4-6-40-28/h28H,1,3-26H2,2H3. The van der Waals surface area contributed by atoms with Gasteiger partial charge in [0, 0.05) is 12.2 Å². The van der Waals surface area contributed by atoms with Crippen molar-refractivity contribution in [1.29, 1.82) is 0 Å². The predicted molar refractivity (Wildman–Crippen MR) is 153 cm³/mol. The average Bonchev–Trinajstić information content (AvgIpc) is 3.00. The maximum atomic E-state index is 11.2. The van der Waals surface area contributed by atoms with Crippen molar-refractivity contribution in [2.24, 2.45) is 0 Å². The van der Waals surface area contributed by atoms with Gasteiger partial charge in [-0.05, 0) is 26.2 Å². The first-order chi connectivity index (χ1) is 20.7. The molecule has 0 saturated carbocycles. The van der Waals surface area contributed by atoms with Crippen LogP contribution >= 0.6 is 0 Å². The molecule has 0 amide bonds. The van der Waals surface area contributed by atoms with E-state index in [9.17, 15) is 4.79 Å². The summed E-state index contributed by atoms with van der Waals surface area (Å²) in [7, 11) is 0. The van der Waals surface area contributed by atoms with Gasteiger partial charge in [-0.2, -0.15) is 0 Å². The van der Waals surface area contributed by atoms with Crippen molar-refractivity contribution in [3.05, 3.63) is 12.2 Å². The van der Waals surface area contributed by atoms with E-state index in [1.165, 1.54) is 0 Å². The summed E-state index contributed by atoms with van der Waals surface area (Å²) in [6, 6.07) is 0. The molecule has 0 radical (unpaired) electrons. The molecule has 13 nitrogen and oxygen atoms in total. The number of carbonyl (C=O) groups is 1. The second-order valence-corrected chi connectivity index (χ2v) is 9.09. The number of ether oxygens (including phenoxy) is 12. The predicted octanol–water partition coefficient (Wildman–Crippen LogP) is 1.80. The van der Waals surface area contributed by atoms with Crippen LogP contribution < -0.4 is 0 Å². The van der Waals surface area contributed by atoms with Gasteiger partial charge in [0.15, 0.2) is 6.29 Å². The fourth-order valence-corrected chi connectivity index (χ4v) is 3.26. The molecule has 0 aromatic rings. The first-order valence-corrected chi connectivity index (χ1v) is 15.0. The zero-order valence-electron chi connectivity index (χ0n) is 25.6. The maximum absolute atomic E-state index is 11.2. The normalized spacial score (nSPS) is 15.2. The molecule has 0 bridgehead atoms. The van der Waals surface area contributed by atoms with Gasteiger partial charge in [-0.15, -0.1) is 0 Å². The molecular weight excluding hydrogens is 556 g/mol. The Morgan fingerprint density at radius 2 is 0.881 bits per heavy atom. The second kappa shape index (κ2) is 31.2. The van der Waals surface area contributed by atoms with Crippen LogP contribution in [0.5, 0.6) is 0 Å². The monoisotopic (exact) mass is 610 g/mol. The highest BCUT2D eigenvalue weighted by molar-refractivity contribution is 5.86. The van der Waals surface area contributed by atoms with E-state index in [1.54, 1.807) is 6.92 Å². The molecule has 0 aromatic carbocycles. The van der Waals surface area contributed by atoms with Crippen molar-refractivity contribution in [3.63, 3.8) is 0 Å². The summed E-state index contributed by atoms with van der Waals surface area (Å²) in [4.78, 5) is 11.2. The zero-order chi connectivity index (χ0) is 30.2. The minimum absolute atomic E-state index is 0.0682. The molecule has 0 N–H and O–H groups in total. The molecule has 42 heavy (non-hydrogen) atoms. The van der Waals surface area contributed by atoms with Crippen molar-refractivity contribution in [1.82, 2.24) is 0 Å². The lowest BCUT2D eigenvalue weighted by molar-refractivity contribution is -0.169. The van der Waals surface area contributed by atoms with Crippen LogP contribution in [-0.2, 0) is 61.6 Å². The molecule has 1 unspecified atom stereocenters. The quantitative estimate of drug-likeness (QED) is 0.0624. The maximum Gasteiger partial charge on any atom is 0.333 e. The average molecular weight is 611 g/mol. The largest absolute Gasteiger partial charge is 0.460 e. The van der Waals surface area contributed by atoms with Gasteiger partial charge < -0.3 is 56.8 Å². The Balaban J connectivity index is 1.62. The van der Waals surface area contributed by atoms with Crippen LogP contribution in [0.15, 0.2) is 12.2 Å². The Kier molecular flexibility index (Phi) is 28.8. The van der Waals surface area contributed by atoms with E-state index in [2.05, 4.69) is 6.58 Å². The minimum atomic E-state index is -0.411. The van der Waals surface area contributed by atoms with Crippen LogP contribution in [0.2, 0.25) is 0 Å². The smallest absolute Gasteiger partial charge is 0.333 e. The molecule has 0 aromatic heterocycles. The summed E-state index contributed by atoms with van der Waals surface area (Å²) in [5, 5.41) is 0. The van der Waals surface area contributed by atoms with Crippen LogP contribution in [0.1, 0.15) is 26.2 Å². The molecule has 0 aliphatic carbocycles. The van der Waals surface area contributed by atoms with Crippen LogP contribution in [-0.4, -0.2) is 151 Å². The van der Waals surface area contributed by atoms with Crippen molar-refractivity contribution < 1.29 is 61.6 Å². The Morgan fingerprint density at radius 3 is 1.19 bits per heavy atom. The highest BCUT2D eigenvalue weighted by Crippen LogP contribution is 2.13. The highest BCUT2D eigenvalue weighted by Gasteiger charge is 2.13. The Bertz CT molecular complexity index is 602. The summed E-state index contributed by atoms with van der Waals surface area (Å²) in [6.45, 7) is 15.4. The zero-order valence-corrected chi connectivity index (χ0v) is 25.6. The Morgan fingerprint density at radius 1 is 0.548 bits per heavy atom. The molecular formula is C29H54O13. The second-order valence-electron chi connectivity index (χ2n) is 9.09. The van der Waals surface area contributed by atoms with Crippen molar-refractivity contribution in [2.45, 2.75) is 32.5 Å². The van der Waals surface area contributed by atoms with E-state index < -0.39 is 5.97 Å². The van der Waals surface area contributed by atoms with Crippen molar-refractivity contribution in [3.8, 4) is 0 Å². The summed E-state index contributed by atoms with van der Waals surface area (Å²) < 4.78 is 64.9. The van der Waals surface area contributed by atoms with Crippen molar-refractivity contribution in [2.75, 3.05) is 139 Å². The molecule has 1 fully saturated rings. The third kappa shape index (κ3) is 27.6. The fourth-order valence-electron chi connectivity index (χ4n) is 3.26. The van der Waals surface area contributed by atoms with Gasteiger partial charge in [0.25, 0.3) is 0 Å². The van der Waals surface area contributed by atoms with Crippen LogP contribution in [0.4, 0.5) is 0 Å². The topological polar surface area (TPSA) is 128 Å². The number of hydrogen-bond donors (Lipinski definition) is 0. The summed E-state index contributed by atoms with van der Waals surface area (Å²) >= 11 is 0. The Hall–Kier alpha value is -1.23. The SMILES string of the molecule is C=C(C)C(=O)OCCOCCOCCOCCOCCOCCOCCOCCOCCOCCOC1CCCCO1. The number of carbonyl (C=O) groups excluding carboxylic acids is 1. The first-order valence-electron chi connectivity index (χ1n) is 15.0. The van der Waals surface area contributed by atoms with E-state index in [-0.39, 0.29) is 12.9 Å². The molecule has 1 aliphatic rings. The fraction of sp³-hybridized carbons (Fsp3) is 0.897.